The standard InChI is InChI=1S/C27H29ClF3N7OS/c1-37-9-3-5-15(37)12-39-26-35-23-17(24(36-26)38-10-4-8-33-13-27(30,31)14-38)11-18(28)20(21(23)29)16-6-2-7-19-22(16)34-25(32)40-19/h2,6-7,11,15,33H,3-5,8-10,12-14H2,1H3,(H2,32,34)/t15-/m0/s1. The third kappa shape index (κ3) is 5.25. The molecule has 2 fully saturated rings. The zero-order chi connectivity index (χ0) is 28.0. The van der Waals surface area contributed by atoms with E-state index in [9.17, 15) is 8.78 Å². The average Bonchev–Trinajstić information content (AvgIpc) is 3.49. The lowest BCUT2D eigenvalue weighted by atomic mass is 10.0. The predicted octanol–water partition coefficient (Wildman–Crippen LogP) is 5.19. The van der Waals surface area contributed by atoms with Gasteiger partial charge in [-0.25, -0.2) is 18.2 Å². The topological polar surface area (TPSA) is 92.4 Å². The number of nitrogens with one attached hydrogen (secondary N) is 1. The van der Waals surface area contributed by atoms with Crippen molar-refractivity contribution in [2.45, 2.75) is 31.2 Å². The lowest BCUT2D eigenvalue weighted by molar-refractivity contribution is 0.00727. The Bertz CT molecular complexity index is 1570. The van der Waals surface area contributed by atoms with Crippen LogP contribution < -0.4 is 20.7 Å². The van der Waals surface area contributed by atoms with Crippen LogP contribution in [0.5, 0.6) is 6.01 Å². The van der Waals surface area contributed by atoms with Crippen LogP contribution in [0.4, 0.5) is 24.1 Å². The molecule has 6 rings (SSSR count). The van der Waals surface area contributed by atoms with E-state index < -0.39 is 24.8 Å². The number of ether oxygens (including phenoxy) is 1. The number of nitrogen functional groups attached to an aromatic ring is 1. The lowest BCUT2D eigenvalue weighted by Crippen LogP contribution is -2.47. The predicted molar refractivity (Wildman–Crippen MR) is 153 cm³/mol. The number of alkyl halides is 2. The summed E-state index contributed by atoms with van der Waals surface area (Å²) in [6.07, 6.45) is 2.61. The van der Waals surface area contributed by atoms with Gasteiger partial charge in [0, 0.05) is 29.1 Å². The summed E-state index contributed by atoms with van der Waals surface area (Å²) in [4.78, 5) is 17.1. The summed E-state index contributed by atoms with van der Waals surface area (Å²) in [5.41, 5.74) is 6.98. The van der Waals surface area contributed by atoms with Gasteiger partial charge in [-0.05, 0) is 51.5 Å². The molecule has 0 spiro atoms. The fourth-order valence-electron chi connectivity index (χ4n) is 5.50. The molecule has 0 aliphatic carbocycles. The van der Waals surface area contributed by atoms with Crippen molar-refractivity contribution in [3.05, 3.63) is 35.1 Å². The quantitative estimate of drug-likeness (QED) is 0.328. The molecule has 1 atom stereocenters. The van der Waals surface area contributed by atoms with Crippen LogP contribution >= 0.6 is 22.9 Å². The summed E-state index contributed by atoms with van der Waals surface area (Å²) in [6.45, 7) is 0.933. The van der Waals surface area contributed by atoms with Gasteiger partial charge in [0.2, 0.25) is 0 Å². The van der Waals surface area contributed by atoms with Crippen LogP contribution in [0.1, 0.15) is 19.3 Å². The summed E-state index contributed by atoms with van der Waals surface area (Å²) < 4.78 is 52.8. The van der Waals surface area contributed by atoms with E-state index in [1.54, 1.807) is 18.2 Å². The first-order valence-electron chi connectivity index (χ1n) is 13.2. The number of fused-ring (bicyclic) bond motifs is 2. The van der Waals surface area contributed by atoms with Gasteiger partial charge in [0.25, 0.3) is 5.92 Å². The molecule has 212 valence electrons. The van der Waals surface area contributed by atoms with E-state index >= 15 is 4.39 Å². The summed E-state index contributed by atoms with van der Waals surface area (Å²) >= 11 is 8.00. The minimum Gasteiger partial charge on any atom is -0.462 e. The molecule has 2 saturated heterocycles. The molecule has 8 nitrogen and oxygen atoms in total. The van der Waals surface area contributed by atoms with E-state index in [2.05, 4.69) is 25.2 Å². The Balaban J connectivity index is 1.51. The molecular weight excluding hydrogens is 563 g/mol. The molecule has 40 heavy (non-hydrogen) atoms. The maximum Gasteiger partial charge on any atom is 0.319 e. The van der Waals surface area contributed by atoms with E-state index in [0.29, 0.717) is 35.8 Å². The van der Waals surface area contributed by atoms with E-state index in [1.807, 2.05) is 13.1 Å². The van der Waals surface area contributed by atoms with Crippen LogP contribution in [0, 0.1) is 5.82 Å². The van der Waals surface area contributed by atoms with Crippen LogP contribution in [0.2, 0.25) is 5.02 Å². The van der Waals surface area contributed by atoms with Crippen molar-refractivity contribution < 1.29 is 17.9 Å². The Morgan fingerprint density at radius 2 is 2.05 bits per heavy atom. The molecule has 13 heteroatoms. The SMILES string of the molecule is CN1CCC[C@H]1COc1nc(N2CCCNCC(F)(F)C2)c2cc(Cl)c(-c3cccc4sc(N)nc34)c(F)c2n1. The number of para-hydroxylation sites is 1. The lowest BCUT2D eigenvalue weighted by Gasteiger charge is -2.32. The fourth-order valence-corrected chi connectivity index (χ4v) is 6.56. The first-order chi connectivity index (χ1) is 19.2. The number of likely N-dealkylation sites (tertiary alicyclic amines) is 1. The molecule has 0 bridgehead atoms. The van der Waals surface area contributed by atoms with Crippen LogP contribution in [0.3, 0.4) is 0 Å². The zero-order valence-corrected chi connectivity index (χ0v) is 23.5. The van der Waals surface area contributed by atoms with Gasteiger partial charge in [0.1, 0.15) is 17.9 Å². The van der Waals surface area contributed by atoms with Crippen molar-refractivity contribution in [1.82, 2.24) is 25.2 Å². The van der Waals surface area contributed by atoms with Crippen molar-refractivity contribution in [3.63, 3.8) is 0 Å². The number of aromatic nitrogens is 3. The smallest absolute Gasteiger partial charge is 0.319 e. The van der Waals surface area contributed by atoms with Crippen molar-refractivity contribution in [1.29, 1.82) is 0 Å². The van der Waals surface area contributed by atoms with Crippen LogP contribution in [0.15, 0.2) is 24.3 Å². The van der Waals surface area contributed by atoms with E-state index in [-0.39, 0.29) is 45.9 Å². The Morgan fingerprint density at radius 3 is 2.85 bits per heavy atom. The molecular formula is C27H29ClF3N7OS. The van der Waals surface area contributed by atoms with Crippen LogP contribution in [0.25, 0.3) is 32.2 Å². The van der Waals surface area contributed by atoms with E-state index in [1.165, 1.54) is 16.2 Å². The second-order valence-corrected chi connectivity index (χ2v) is 11.8. The van der Waals surface area contributed by atoms with Crippen molar-refractivity contribution >= 4 is 55.0 Å². The largest absolute Gasteiger partial charge is 0.462 e. The molecule has 2 aliphatic heterocycles. The summed E-state index contributed by atoms with van der Waals surface area (Å²) in [5, 5.41) is 3.47. The monoisotopic (exact) mass is 591 g/mol. The Morgan fingerprint density at radius 1 is 1.20 bits per heavy atom. The number of nitrogens with two attached hydrogens (primary N) is 1. The Kier molecular flexibility index (Phi) is 7.36. The highest BCUT2D eigenvalue weighted by molar-refractivity contribution is 7.22. The molecule has 2 aromatic carbocycles. The number of rotatable bonds is 5. The molecule has 0 amide bonds. The summed E-state index contributed by atoms with van der Waals surface area (Å²) in [5.74, 6) is -3.55. The van der Waals surface area contributed by atoms with Crippen LogP contribution in [-0.4, -0.2) is 78.2 Å². The number of hydrogen-bond donors (Lipinski definition) is 2. The highest BCUT2D eigenvalue weighted by atomic mass is 35.5. The molecule has 0 radical (unpaired) electrons. The number of anilines is 2. The molecule has 2 aliphatic rings. The van der Waals surface area contributed by atoms with Gasteiger partial charge >= 0.3 is 6.01 Å². The molecule has 2 aromatic heterocycles. The summed E-state index contributed by atoms with van der Waals surface area (Å²) in [7, 11) is 2.02. The van der Waals surface area contributed by atoms with Gasteiger partial charge in [0.15, 0.2) is 10.9 Å². The number of thiazole rings is 1. The molecule has 4 heterocycles. The zero-order valence-electron chi connectivity index (χ0n) is 21.9. The van der Waals surface area contributed by atoms with E-state index in [0.717, 1.165) is 24.1 Å². The molecule has 0 saturated carbocycles. The third-order valence-electron chi connectivity index (χ3n) is 7.51. The highest BCUT2D eigenvalue weighted by Crippen LogP contribution is 2.42. The van der Waals surface area contributed by atoms with Gasteiger partial charge in [-0.1, -0.05) is 35.1 Å². The van der Waals surface area contributed by atoms with Crippen molar-refractivity contribution in [3.8, 4) is 17.1 Å². The highest BCUT2D eigenvalue weighted by Gasteiger charge is 2.35. The Hall–Kier alpha value is -2.93. The number of likely N-dealkylation sites (N-methyl/N-ethyl adjacent to an activating group) is 1. The molecule has 3 N–H and O–H groups in total. The van der Waals surface area contributed by atoms with Crippen LogP contribution in [-0.2, 0) is 0 Å². The van der Waals surface area contributed by atoms with Gasteiger partial charge in [-0.2, -0.15) is 9.97 Å². The minimum atomic E-state index is -3.02. The minimum absolute atomic E-state index is 0.0529. The maximum absolute atomic E-state index is 16.5. The number of nitrogens with zero attached hydrogens (tertiary/aromatic N) is 5. The number of benzene rings is 2. The van der Waals surface area contributed by atoms with E-state index in [4.69, 9.17) is 22.1 Å². The van der Waals surface area contributed by atoms with Crippen molar-refractivity contribution in [2.75, 3.05) is 57.0 Å². The average molecular weight is 592 g/mol. The molecule has 0 unspecified atom stereocenters. The summed E-state index contributed by atoms with van der Waals surface area (Å²) in [6, 6.07) is 7.00. The second-order valence-electron chi connectivity index (χ2n) is 10.4. The normalized spacial score (nSPS) is 20.2. The van der Waals surface area contributed by atoms with Gasteiger partial charge in [-0.3, -0.25) is 0 Å². The number of halogens is 4. The first-order valence-corrected chi connectivity index (χ1v) is 14.4. The van der Waals surface area contributed by atoms with Gasteiger partial charge < -0.3 is 25.6 Å². The first kappa shape index (κ1) is 27.3. The molecule has 4 aromatic rings. The van der Waals surface area contributed by atoms with Gasteiger partial charge in [0.05, 0.1) is 28.3 Å². The number of hydrogen-bond acceptors (Lipinski definition) is 9. The Labute approximate surface area is 238 Å². The fraction of sp³-hybridized carbons (Fsp3) is 0.444. The van der Waals surface area contributed by atoms with Crippen molar-refractivity contribution in [2.24, 2.45) is 0 Å². The second kappa shape index (κ2) is 10.8. The maximum atomic E-state index is 16.5. The third-order valence-corrected chi connectivity index (χ3v) is 8.66. The van der Waals surface area contributed by atoms with Gasteiger partial charge in [-0.15, -0.1) is 0 Å².